The fourth-order valence-electron chi connectivity index (χ4n) is 11.0. The standard InChI is InChI=1S/C57H56F3N3O4/c1-2-61-53(65)55(48-23-9-5-18-43(48)44-19-6-10-24-49(44)55)33-14-16-38-67-54(66)56(50-25-11-7-20-45(50)46-21-8-12-26-51(46)56)34-13-15-35-63-36-31-41(32-37-63)62-52(64)47-22-4-3-17-42(47)39-27-29-40(30-28-39)57(58,59)60/h3-12,17-30,41H,2,13-16,31-38H2,1H3,(H,61,65)(H,62,64). The molecule has 6 aromatic carbocycles. The average molecular weight is 904 g/mol. The number of nitrogens with one attached hydrogen (secondary N) is 2. The zero-order valence-electron chi connectivity index (χ0n) is 37.8. The van der Waals surface area contributed by atoms with E-state index in [-0.39, 0.29) is 30.4 Å². The molecule has 344 valence electrons. The second-order valence-electron chi connectivity index (χ2n) is 18.1. The number of unbranched alkanes of at least 4 members (excludes halogenated alkanes) is 2. The van der Waals surface area contributed by atoms with Gasteiger partial charge in [0.15, 0.2) is 0 Å². The molecule has 1 saturated heterocycles. The number of nitrogens with zero attached hydrogens (tertiary/aromatic N) is 1. The van der Waals surface area contributed by atoms with Gasteiger partial charge in [-0.2, -0.15) is 13.2 Å². The molecule has 6 aromatic rings. The maximum atomic E-state index is 14.8. The minimum Gasteiger partial charge on any atom is -0.465 e. The van der Waals surface area contributed by atoms with Crippen LogP contribution >= 0.6 is 0 Å². The van der Waals surface area contributed by atoms with Gasteiger partial charge in [0.05, 0.1) is 12.2 Å². The van der Waals surface area contributed by atoms with Gasteiger partial charge in [0, 0.05) is 31.2 Å². The number of esters is 1. The molecular weight excluding hydrogens is 848 g/mol. The monoisotopic (exact) mass is 903 g/mol. The molecule has 1 heterocycles. The maximum Gasteiger partial charge on any atom is 0.416 e. The summed E-state index contributed by atoms with van der Waals surface area (Å²) in [6.07, 6.45) is 1.26. The van der Waals surface area contributed by atoms with Crippen molar-refractivity contribution in [3.63, 3.8) is 0 Å². The van der Waals surface area contributed by atoms with Crippen molar-refractivity contribution in [2.45, 2.75) is 81.3 Å². The number of hydrogen-bond donors (Lipinski definition) is 2. The molecule has 7 nitrogen and oxygen atoms in total. The normalized spacial score (nSPS) is 15.8. The molecule has 2 amide bonds. The van der Waals surface area contributed by atoms with Crippen molar-refractivity contribution in [1.29, 1.82) is 0 Å². The summed E-state index contributed by atoms with van der Waals surface area (Å²) in [5.41, 5.74) is 7.35. The first kappa shape index (κ1) is 45.6. The van der Waals surface area contributed by atoms with E-state index in [1.807, 2.05) is 55.5 Å². The molecule has 0 radical (unpaired) electrons. The number of piperidine rings is 1. The highest BCUT2D eigenvalue weighted by atomic mass is 19.4. The highest BCUT2D eigenvalue weighted by Crippen LogP contribution is 2.53. The van der Waals surface area contributed by atoms with Crippen molar-refractivity contribution in [3.8, 4) is 33.4 Å². The molecule has 0 saturated carbocycles. The Labute approximate surface area is 390 Å². The SMILES string of the molecule is CCNC(=O)C1(CCCCOC(=O)C2(CCCCN3CCC(NC(=O)c4ccccc4-c4ccc(C(F)(F)F)cc4)CC3)c3ccccc3-c3ccccc32)c2ccccc2-c2ccccc21. The van der Waals surface area contributed by atoms with Crippen molar-refractivity contribution in [2.24, 2.45) is 0 Å². The van der Waals surface area contributed by atoms with Crippen LogP contribution in [0.5, 0.6) is 0 Å². The van der Waals surface area contributed by atoms with Gasteiger partial charge < -0.3 is 20.3 Å². The van der Waals surface area contributed by atoms with Crippen LogP contribution in [-0.2, 0) is 31.3 Å². The number of carbonyl (C=O) groups excluding carboxylic acids is 3. The Morgan fingerprint density at radius 3 is 1.63 bits per heavy atom. The second kappa shape index (κ2) is 19.4. The summed E-state index contributed by atoms with van der Waals surface area (Å²) in [6.45, 7) is 5.19. The number of halogens is 3. The number of likely N-dealkylation sites (tertiary alicyclic amines) is 1. The lowest BCUT2D eigenvalue weighted by Gasteiger charge is -2.33. The molecule has 2 aliphatic carbocycles. The Bertz CT molecular complexity index is 2670. The summed E-state index contributed by atoms with van der Waals surface area (Å²) in [5, 5.41) is 6.32. The zero-order chi connectivity index (χ0) is 46.6. The van der Waals surface area contributed by atoms with Crippen molar-refractivity contribution in [1.82, 2.24) is 15.5 Å². The summed E-state index contributed by atoms with van der Waals surface area (Å²) in [4.78, 5) is 44.8. The fraction of sp³-hybridized carbons (Fsp3) is 0.316. The van der Waals surface area contributed by atoms with Crippen LogP contribution in [0.3, 0.4) is 0 Å². The van der Waals surface area contributed by atoms with Crippen molar-refractivity contribution in [3.05, 3.63) is 179 Å². The molecule has 0 unspecified atom stereocenters. The van der Waals surface area contributed by atoms with Gasteiger partial charge in [-0.15, -0.1) is 0 Å². The Kier molecular flexibility index (Phi) is 13.2. The minimum absolute atomic E-state index is 0.00237. The van der Waals surface area contributed by atoms with E-state index in [0.29, 0.717) is 48.9 Å². The lowest BCUT2D eigenvalue weighted by Crippen LogP contribution is -2.45. The number of likely N-dealkylation sites (N-methyl/N-ethyl adjacent to an activating group) is 1. The van der Waals surface area contributed by atoms with Crippen LogP contribution in [0.4, 0.5) is 13.2 Å². The highest BCUT2D eigenvalue weighted by Gasteiger charge is 2.51. The molecule has 0 spiro atoms. The van der Waals surface area contributed by atoms with Crippen LogP contribution in [0.2, 0.25) is 0 Å². The first-order valence-electron chi connectivity index (χ1n) is 23.7. The van der Waals surface area contributed by atoms with E-state index in [1.165, 1.54) is 12.1 Å². The van der Waals surface area contributed by atoms with E-state index in [2.05, 4.69) is 64.1 Å². The highest BCUT2D eigenvalue weighted by molar-refractivity contribution is 6.02. The number of benzene rings is 6. The Balaban J connectivity index is 0.822. The number of carbonyl (C=O) groups is 3. The molecule has 0 aromatic heterocycles. The molecule has 10 heteroatoms. The summed E-state index contributed by atoms with van der Waals surface area (Å²) in [7, 11) is 0. The van der Waals surface area contributed by atoms with E-state index in [1.54, 1.807) is 24.3 Å². The van der Waals surface area contributed by atoms with Gasteiger partial charge in [0.2, 0.25) is 5.91 Å². The van der Waals surface area contributed by atoms with Crippen LogP contribution in [0.25, 0.3) is 33.4 Å². The van der Waals surface area contributed by atoms with E-state index in [4.69, 9.17) is 4.74 Å². The van der Waals surface area contributed by atoms with Crippen molar-refractivity contribution >= 4 is 17.8 Å². The minimum atomic E-state index is -4.43. The van der Waals surface area contributed by atoms with Crippen LogP contribution in [0.1, 0.15) is 96.5 Å². The van der Waals surface area contributed by atoms with Crippen molar-refractivity contribution in [2.75, 3.05) is 32.8 Å². The first-order chi connectivity index (χ1) is 32.6. The van der Waals surface area contributed by atoms with Gasteiger partial charge in [0.1, 0.15) is 10.8 Å². The predicted octanol–water partition coefficient (Wildman–Crippen LogP) is 11.5. The molecule has 1 aliphatic heterocycles. The maximum absolute atomic E-state index is 14.8. The number of ether oxygens (including phenoxy) is 1. The number of rotatable bonds is 16. The molecule has 9 rings (SSSR count). The summed E-state index contributed by atoms with van der Waals surface area (Å²) in [6, 6.07) is 44.6. The molecular formula is C57H56F3N3O4. The number of hydrogen-bond acceptors (Lipinski definition) is 5. The lowest BCUT2D eigenvalue weighted by molar-refractivity contribution is -0.149. The van der Waals surface area contributed by atoms with E-state index in [9.17, 15) is 27.6 Å². The summed E-state index contributed by atoms with van der Waals surface area (Å²) < 4.78 is 46.0. The van der Waals surface area contributed by atoms with Crippen LogP contribution in [0, 0.1) is 0 Å². The topological polar surface area (TPSA) is 87.7 Å². The van der Waals surface area contributed by atoms with Crippen LogP contribution in [0.15, 0.2) is 146 Å². The third-order valence-electron chi connectivity index (χ3n) is 14.3. The molecule has 67 heavy (non-hydrogen) atoms. The fourth-order valence-corrected chi connectivity index (χ4v) is 11.0. The summed E-state index contributed by atoms with van der Waals surface area (Å²) in [5.74, 6) is -0.481. The number of fused-ring (bicyclic) bond motifs is 6. The molecule has 2 N–H and O–H groups in total. The second-order valence-corrected chi connectivity index (χ2v) is 18.1. The van der Waals surface area contributed by atoms with E-state index in [0.717, 1.165) is 102 Å². The number of amides is 2. The molecule has 0 atom stereocenters. The third-order valence-corrected chi connectivity index (χ3v) is 14.3. The lowest BCUT2D eigenvalue weighted by atomic mass is 9.73. The Morgan fingerprint density at radius 1 is 0.612 bits per heavy atom. The Morgan fingerprint density at radius 2 is 1.09 bits per heavy atom. The predicted molar refractivity (Wildman–Crippen MR) is 256 cm³/mol. The smallest absolute Gasteiger partial charge is 0.416 e. The van der Waals surface area contributed by atoms with Gasteiger partial charge in [-0.05, 0) is 132 Å². The Hall–Kier alpha value is -6.52. The zero-order valence-corrected chi connectivity index (χ0v) is 37.8. The van der Waals surface area contributed by atoms with Gasteiger partial charge in [0.25, 0.3) is 5.91 Å². The molecule has 0 bridgehead atoms. The van der Waals surface area contributed by atoms with Gasteiger partial charge in [-0.25, -0.2) is 0 Å². The largest absolute Gasteiger partial charge is 0.465 e. The van der Waals surface area contributed by atoms with Gasteiger partial charge >= 0.3 is 12.1 Å². The third kappa shape index (κ3) is 8.68. The van der Waals surface area contributed by atoms with Gasteiger partial charge in [-0.3, -0.25) is 14.4 Å². The van der Waals surface area contributed by atoms with Gasteiger partial charge in [-0.1, -0.05) is 134 Å². The average Bonchev–Trinajstić information content (AvgIpc) is 3.81. The quantitative estimate of drug-likeness (QED) is 0.0746. The molecule has 3 aliphatic rings. The van der Waals surface area contributed by atoms with E-state index >= 15 is 0 Å². The molecule has 1 fully saturated rings. The summed E-state index contributed by atoms with van der Waals surface area (Å²) >= 11 is 0. The van der Waals surface area contributed by atoms with Crippen LogP contribution < -0.4 is 10.6 Å². The first-order valence-corrected chi connectivity index (χ1v) is 23.7. The van der Waals surface area contributed by atoms with E-state index < -0.39 is 22.6 Å². The number of alkyl halides is 3. The van der Waals surface area contributed by atoms with Crippen LogP contribution in [-0.4, -0.2) is 61.5 Å². The van der Waals surface area contributed by atoms with Crippen molar-refractivity contribution < 1.29 is 32.3 Å².